The maximum atomic E-state index is 12.5. The molecule has 0 aliphatic carbocycles. The quantitative estimate of drug-likeness (QED) is 0.747. The van der Waals surface area contributed by atoms with Crippen LogP contribution in [0.5, 0.6) is 0 Å². The summed E-state index contributed by atoms with van der Waals surface area (Å²) in [7, 11) is 0. The van der Waals surface area contributed by atoms with E-state index in [1.54, 1.807) is 11.0 Å². The smallest absolute Gasteiger partial charge is 0.253 e. The average molecular weight is 319 g/mol. The summed E-state index contributed by atoms with van der Waals surface area (Å²) in [5.41, 5.74) is 1.21. The Hall–Kier alpha value is -1.61. The van der Waals surface area contributed by atoms with E-state index in [0.29, 0.717) is 5.02 Å². The fraction of sp³-hybridized carbons (Fsp3) is 0.444. The van der Waals surface area contributed by atoms with Gasteiger partial charge in [0, 0.05) is 22.2 Å². The van der Waals surface area contributed by atoms with Crippen LogP contribution < -0.4 is 0 Å². The van der Waals surface area contributed by atoms with E-state index in [1.165, 1.54) is 0 Å². The van der Waals surface area contributed by atoms with Gasteiger partial charge >= 0.3 is 0 Å². The minimum absolute atomic E-state index is 0.0274. The van der Waals surface area contributed by atoms with Crippen molar-refractivity contribution in [3.05, 3.63) is 40.9 Å². The van der Waals surface area contributed by atoms with Crippen molar-refractivity contribution in [1.82, 2.24) is 4.90 Å². The maximum Gasteiger partial charge on any atom is 0.253 e. The molecule has 0 unspecified atom stereocenters. The molecule has 0 bridgehead atoms. The Morgan fingerprint density at radius 2 is 1.55 bits per heavy atom. The highest BCUT2D eigenvalue weighted by molar-refractivity contribution is 6.36. The first-order chi connectivity index (χ1) is 9.99. The third-order valence-corrected chi connectivity index (χ3v) is 3.46. The monoisotopic (exact) mass is 318 g/mol. The Morgan fingerprint density at radius 3 is 2.00 bits per heavy atom. The van der Waals surface area contributed by atoms with Crippen LogP contribution in [0, 0.1) is 0 Å². The molecule has 0 radical (unpaired) electrons. The van der Waals surface area contributed by atoms with Crippen molar-refractivity contribution in [2.75, 3.05) is 0 Å². The summed E-state index contributed by atoms with van der Waals surface area (Å²) in [5, 5.41) is 0.677. The third-order valence-electron chi connectivity index (χ3n) is 3.21. The lowest BCUT2D eigenvalue weighted by Crippen LogP contribution is -2.46. The molecule has 0 spiro atoms. The zero-order valence-corrected chi connectivity index (χ0v) is 14.8. The highest BCUT2D eigenvalue weighted by Crippen LogP contribution is 2.32. The van der Waals surface area contributed by atoms with E-state index in [-0.39, 0.29) is 17.0 Å². The van der Waals surface area contributed by atoms with Gasteiger partial charge < -0.3 is 0 Å². The van der Waals surface area contributed by atoms with Gasteiger partial charge in [-0.2, -0.15) is 0 Å². The predicted molar refractivity (Wildman–Crippen MR) is 93.2 cm³/mol. The number of nitrogens with zero attached hydrogens (tertiary/aromatic N) is 2. The predicted octanol–water partition coefficient (Wildman–Crippen LogP) is 4.56. The van der Waals surface area contributed by atoms with Crippen molar-refractivity contribution in [2.24, 2.45) is 4.99 Å². The summed E-state index contributed by atoms with van der Waals surface area (Å²) in [6.07, 6.45) is 1.67. The summed E-state index contributed by atoms with van der Waals surface area (Å²) in [6, 6.07) is 7.50. The van der Waals surface area contributed by atoms with Crippen molar-refractivity contribution in [2.45, 2.75) is 52.6 Å². The molecule has 1 aromatic rings. The van der Waals surface area contributed by atoms with Crippen molar-refractivity contribution in [1.29, 1.82) is 0 Å². The van der Waals surface area contributed by atoms with Gasteiger partial charge in [0.15, 0.2) is 0 Å². The summed E-state index contributed by atoms with van der Waals surface area (Å²) in [6.45, 7) is 12.1. The second-order valence-electron chi connectivity index (χ2n) is 7.52. The second-order valence-corrected chi connectivity index (χ2v) is 7.95. The lowest BCUT2D eigenvalue weighted by atomic mass is 10.0. The first-order valence-corrected chi connectivity index (χ1v) is 7.79. The number of carbonyl (C=O) groups is 1. The third kappa shape index (κ3) is 3.58. The fourth-order valence-corrected chi connectivity index (χ4v) is 2.52. The number of carbonyl (C=O) groups excluding carboxylic acids is 1. The molecular weight excluding hydrogens is 296 g/mol. The molecule has 3 nitrogen and oxygen atoms in total. The van der Waals surface area contributed by atoms with Gasteiger partial charge in [0.1, 0.15) is 5.84 Å². The summed E-state index contributed by atoms with van der Waals surface area (Å²) < 4.78 is 0. The molecule has 118 valence electrons. The van der Waals surface area contributed by atoms with Gasteiger partial charge in [-0.1, -0.05) is 23.7 Å². The molecule has 1 heterocycles. The lowest BCUT2D eigenvalue weighted by molar-refractivity contribution is -0.124. The van der Waals surface area contributed by atoms with Gasteiger partial charge in [-0.25, -0.2) is 0 Å². The van der Waals surface area contributed by atoms with E-state index in [1.807, 2.05) is 65.8 Å². The van der Waals surface area contributed by atoms with E-state index in [2.05, 4.69) is 0 Å². The molecule has 0 N–H and O–H groups in total. The topological polar surface area (TPSA) is 32.7 Å². The van der Waals surface area contributed by atoms with Gasteiger partial charge in [0.05, 0.1) is 5.54 Å². The van der Waals surface area contributed by atoms with Crippen molar-refractivity contribution in [3.63, 3.8) is 0 Å². The number of hydrogen-bond donors (Lipinski definition) is 0. The zero-order chi connectivity index (χ0) is 16.7. The molecule has 4 heteroatoms. The molecule has 1 aliphatic heterocycles. The lowest BCUT2D eigenvalue weighted by Gasteiger charge is -2.34. The summed E-state index contributed by atoms with van der Waals surface area (Å²) >= 11 is 5.96. The summed E-state index contributed by atoms with van der Waals surface area (Å²) in [4.78, 5) is 19.1. The largest absolute Gasteiger partial charge is 0.288 e. The number of amidine groups is 1. The Labute approximate surface area is 137 Å². The Kier molecular flexibility index (Phi) is 4.22. The number of aliphatic imine (C=N–C) groups is 1. The van der Waals surface area contributed by atoms with Crippen LogP contribution in [0.2, 0.25) is 5.02 Å². The van der Waals surface area contributed by atoms with Crippen LogP contribution in [-0.2, 0) is 4.79 Å². The number of amides is 1. The van der Waals surface area contributed by atoms with E-state index in [9.17, 15) is 4.79 Å². The van der Waals surface area contributed by atoms with Crippen LogP contribution in [0.4, 0.5) is 0 Å². The van der Waals surface area contributed by atoms with E-state index >= 15 is 0 Å². The SMILES string of the molecule is CC(C)(C)N=C1C(c2ccc(Cl)cc2)=CC(=O)N1C(C)(C)C. The molecular formula is C18H23ClN2O. The molecule has 0 atom stereocenters. The number of benzene rings is 1. The van der Waals surface area contributed by atoms with Crippen LogP contribution >= 0.6 is 11.6 Å². The van der Waals surface area contributed by atoms with E-state index in [4.69, 9.17) is 16.6 Å². The molecule has 0 saturated heterocycles. The molecule has 2 rings (SSSR count). The molecule has 22 heavy (non-hydrogen) atoms. The highest BCUT2D eigenvalue weighted by Gasteiger charge is 2.38. The Bertz CT molecular complexity index is 643. The van der Waals surface area contributed by atoms with Crippen LogP contribution in [0.1, 0.15) is 47.1 Å². The van der Waals surface area contributed by atoms with Crippen LogP contribution in [-0.4, -0.2) is 27.7 Å². The van der Waals surface area contributed by atoms with Crippen molar-refractivity contribution in [3.8, 4) is 0 Å². The Balaban J connectivity index is 2.57. The Morgan fingerprint density at radius 1 is 1.00 bits per heavy atom. The molecule has 0 saturated carbocycles. The van der Waals surface area contributed by atoms with Crippen LogP contribution in [0.25, 0.3) is 5.57 Å². The van der Waals surface area contributed by atoms with Gasteiger partial charge in [-0.05, 0) is 59.2 Å². The average Bonchev–Trinajstić information content (AvgIpc) is 2.64. The molecule has 1 aromatic carbocycles. The minimum atomic E-state index is -0.328. The summed E-state index contributed by atoms with van der Waals surface area (Å²) in [5.74, 6) is 0.702. The molecule has 1 amide bonds. The van der Waals surface area contributed by atoms with Gasteiger partial charge in [0.2, 0.25) is 0 Å². The molecule has 1 aliphatic rings. The van der Waals surface area contributed by atoms with Gasteiger partial charge in [0.25, 0.3) is 5.91 Å². The minimum Gasteiger partial charge on any atom is -0.288 e. The first-order valence-electron chi connectivity index (χ1n) is 7.41. The normalized spacial score (nSPS) is 18.1. The molecule has 0 aromatic heterocycles. The highest BCUT2D eigenvalue weighted by atomic mass is 35.5. The number of halogens is 1. The van der Waals surface area contributed by atoms with Gasteiger partial charge in [-0.3, -0.25) is 14.7 Å². The van der Waals surface area contributed by atoms with E-state index in [0.717, 1.165) is 17.0 Å². The van der Waals surface area contributed by atoms with Gasteiger partial charge in [-0.15, -0.1) is 0 Å². The maximum absolute atomic E-state index is 12.5. The number of rotatable bonds is 1. The van der Waals surface area contributed by atoms with E-state index < -0.39 is 0 Å². The number of hydrogen-bond acceptors (Lipinski definition) is 2. The van der Waals surface area contributed by atoms with Crippen molar-refractivity contribution < 1.29 is 4.79 Å². The van der Waals surface area contributed by atoms with Crippen LogP contribution in [0.15, 0.2) is 35.3 Å². The zero-order valence-electron chi connectivity index (χ0n) is 14.1. The second kappa shape index (κ2) is 5.54. The standard InChI is InChI=1S/C18H23ClN2O/c1-17(2,3)20-16-14(12-7-9-13(19)10-8-12)11-15(22)21(16)18(4,5)6/h7-11H,1-6H3. The van der Waals surface area contributed by atoms with Crippen molar-refractivity contribution >= 4 is 28.9 Å². The first kappa shape index (κ1) is 16.8. The molecule has 0 fully saturated rings. The van der Waals surface area contributed by atoms with Crippen LogP contribution in [0.3, 0.4) is 0 Å². The fourth-order valence-electron chi connectivity index (χ4n) is 2.40.